The van der Waals surface area contributed by atoms with E-state index in [2.05, 4.69) is 10.3 Å². The largest absolute Gasteiger partial charge is 0.467 e. The molecule has 0 aliphatic rings. The zero-order valence-corrected chi connectivity index (χ0v) is 12.8. The van der Waals surface area contributed by atoms with E-state index in [1.54, 1.807) is 0 Å². The average molecular weight is 287 g/mol. The fourth-order valence-electron chi connectivity index (χ4n) is 2.29. The SMILES string of the molecule is COC(=O)C(Nc1cc(C)nc2ccc(N)cc12)C(C)C. The molecule has 0 bridgehead atoms. The van der Waals surface area contributed by atoms with Crippen LogP contribution < -0.4 is 11.1 Å². The highest BCUT2D eigenvalue weighted by Gasteiger charge is 2.23. The van der Waals surface area contributed by atoms with Crippen LogP contribution in [-0.2, 0) is 9.53 Å². The molecule has 0 saturated carbocycles. The Labute approximate surface area is 124 Å². The van der Waals surface area contributed by atoms with Crippen molar-refractivity contribution < 1.29 is 9.53 Å². The number of hydrogen-bond acceptors (Lipinski definition) is 5. The molecule has 1 aromatic carbocycles. The highest BCUT2D eigenvalue weighted by Crippen LogP contribution is 2.27. The number of nitrogens with zero attached hydrogens (tertiary/aromatic N) is 1. The number of hydrogen-bond donors (Lipinski definition) is 2. The van der Waals surface area contributed by atoms with Crippen molar-refractivity contribution in [1.29, 1.82) is 0 Å². The number of fused-ring (bicyclic) bond motifs is 1. The zero-order valence-electron chi connectivity index (χ0n) is 12.8. The number of nitrogens with two attached hydrogens (primary N) is 1. The van der Waals surface area contributed by atoms with Crippen molar-refractivity contribution >= 4 is 28.2 Å². The summed E-state index contributed by atoms with van der Waals surface area (Å²) in [6.07, 6.45) is 0. The maximum atomic E-state index is 11.9. The second-order valence-electron chi connectivity index (χ2n) is 5.48. The number of pyridine rings is 1. The lowest BCUT2D eigenvalue weighted by Crippen LogP contribution is -2.35. The minimum atomic E-state index is -0.415. The Kier molecular flexibility index (Phi) is 4.31. The van der Waals surface area contributed by atoms with Gasteiger partial charge in [0.1, 0.15) is 6.04 Å². The average Bonchev–Trinajstić information content (AvgIpc) is 2.44. The molecule has 112 valence electrons. The van der Waals surface area contributed by atoms with Crippen LogP contribution in [0.2, 0.25) is 0 Å². The molecule has 0 amide bonds. The van der Waals surface area contributed by atoms with E-state index in [0.29, 0.717) is 5.69 Å². The summed E-state index contributed by atoms with van der Waals surface area (Å²) in [5, 5.41) is 4.17. The number of aromatic nitrogens is 1. The van der Waals surface area contributed by atoms with Crippen molar-refractivity contribution in [2.75, 3.05) is 18.2 Å². The quantitative estimate of drug-likeness (QED) is 0.668. The number of nitrogen functional groups attached to an aromatic ring is 1. The Morgan fingerprint density at radius 1 is 1.33 bits per heavy atom. The minimum Gasteiger partial charge on any atom is -0.467 e. The molecular formula is C16H21N3O2. The second kappa shape index (κ2) is 5.99. The van der Waals surface area contributed by atoms with Gasteiger partial charge < -0.3 is 15.8 Å². The van der Waals surface area contributed by atoms with E-state index in [9.17, 15) is 4.79 Å². The van der Waals surface area contributed by atoms with E-state index in [1.165, 1.54) is 7.11 Å². The number of anilines is 2. The van der Waals surface area contributed by atoms with Gasteiger partial charge in [-0.2, -0.15) is 0 Å². The first kappa shape index (κ1) is 15.1. The van der Waals surface area contributed by atoms with Gasteiger partial charge in [-0.1, -0.05) is 13.8 Å². The normalized spacial score (nSPS) is 12.4. The van der Waals surface area contributed by atoms with Gasteiger partial charge in [-0.25, -0.2) is 4.79 Å². The molecule has 1 heterocycles. The molecule has 3 N–H and O–H groups in total. The maximum Gasteiger partial charge on any atom is 0.328 e. The lowest BCUT2D eigenvalue weighted by Gasteiger charge is -2.22. The van der Waals surface area contributed by atoms with Gasteiger partial charge in [0.2, 0.25) is 0 Å². The van der Waals surface area contributed by atoms with Crippen molar-refractivity contribution in [2.45, 2.75) is 26.8 Å². The highest BCUT2D eigenvalue weighted by atomic mass is 16.5. The molecule has 5 nitrogen and oxygen atoms in total. The Bertz CT molecular complexity index is 668. The number of methoxy groups -OCH3 is 1. The second-order valence-corrected chi connectivity index (χ2v) is 5.48. The number of rotatable bonds is 4. The molecule has 2 aromatic rings. The number of aryl methyl sites for hydroxylation is 1. The Balaban J connectivity index is 2.49. The van der Waals surface area contributed by atoms with E-state index in [0.717, 1.165) is 22.3 Å². The minimum absolute atomic E-state index is 0.0991. The molecule has 0 fully saturated rings. The number of nitrogens with one attached hydrogen (secondary N) is 1. The number of ether oxygens (including phenoxy) is 1. The van der Waals surface area contributed by atoms with E-state index in [1.807, 2.05) is 45.0 Å². The van der Waals surface area contributed by atoms with Crippen LogP contribution in [0, 0.1) is 12.8 Å². The number of esters is 1. The topological polar surface area (TPSA) is 77.2 Å². The first-order valence-electron chi connectivity index (χ1n) is 6.93. The molecule has 2 rings (SSSR count). The van der Waals surface area contributed by atoms with Crippen LogP contribution in [-0.4, -0.2) is 24.1 Å². The molecule has 0 radical (unpaired) electrons. The predicted molar refractivity (Wildman–Crippen MR) is 85.2 cm³/mol. The van der Waals surface area contributed by atoms with Gasteiger partial charge in [0.25, 0.3) is 0 Å². The van der Waals surface area contributed by atoms with Crippen molar-refractivity contribution in [3.05, 3.63) is 30.0 Å². The van der Waals surface area contributed by atoms with Crippen molar-refractivity contribution in [2.24, 2.45) is 5.92 Å². The molecule has 0 saturated heterocycles. The van der Waals surface area contributed by atoms with Gasteiger partial charge in [-0.15, -0.1) is 0 Å². The summed E-state index contributed by atoms with van der Waals surface area (Å²) in [6, 6.07) is 7.06. The standard InChI is InChI=1S/C16H21N3O2/c1-9(2)15(16(20)21-4)19-14-7-10(3)18-13-6-5-11(17)8-12(13)14/h5-9,15H,17H2,1-4H3,(H,18,19). The highest BCUT2D eigenvalue weighted by molar-refractivity contribution is 5.95. The van der Waals surface area contributed by atoms with Gasteiger partial charge in [0.15, 0.2) is 0 Å². The number of benzene rings is 1. The van der Waals surface area contributed by atoms with Crippen LogP contribution in [0.1, 0.15) is 19.5 Å². The smallest absolute Gasteiger partial charge is 0.328 e. The third kappa shape index (κ3) is 3.24. The van der Waals surface area contributed by atoms with Gasteiger partial charge in [-0.3, -0.25) is 4.98 Å². The Morgan fingerprint density at radius 3 is 2.67 bits per heavy atom. The van der Waals surface area contributed by atoms with Crippen LogP contribution in [0.15, 0.2) is 24.3 Å². The van der Waals surface area contributed by atoms with Crippen molar-refractivity contribution in [3.8, 4) is 0 Å². The van der Waals surface area contributed by atoms with Crippen LogP contribution in [0.5, 0.6) is 0 Å². The first-order valence-corrected chi connectivity index (χ1v) is 6.93. The molecule has 1 atom stereocenters. The van der Waals surface area contributed by atoms with Crippen LogP contribution in [0.3, 0.4) is 0 Å². The van der Waals surface area contributed by atoms with Crippen molar-refractivity contribution in [1.82, 2.24) is 4.98 Å². The molecule has 0 aliphatic heterocycles. The van der Waals surface area contributed by atoms with Crippen LogP contribution >= 0.6 is 0 Å². The third-order valence-corrected chi connectivity index (χ3v) is 3.39. The summed E-state index contributed by atoms with van der Waals surface area (Å²) in [6.45, 7) is 5.86. The summed E-state index contributed by atoms with van der Waals surface area (Å²) in [4.78, 5) is 16.4. The fraction of sp³-hybridized carbons (Fsp3) is 0.375. The van der Waals surface area contributed by atoms with Crippen LogP contribution in [0.25, 0.3) is 10.9 Å². The zero-order chi connectivity index (χ0) is 15.6. The fourth-order valence-corrected chi connectivity index (χ4v) is 2.29. The summed E-state index contributed by atoms with van der Waals surface area (Å²) in [5.41, 5.74) is 9.09. The van der Waals surface area contributed by atoms with Gasteiger partial charge in [-0.05, 0) is 37.1 Å². The third-order valence-electron chi connectivity index (χ3n) is 3.39. The molecule has 21 heavy (non-hydrogen) atoms. The summed E-state index contributed by atoms with van der Waals surface area (Å²) in [7, 11) is 1.40. The number of carbonyl (C=O) groups excluding carboxylic acids is 1. The lowest BCUT2D eigenvalue weighted by atomic mass is 10.0. The molecule has 5 heteroatoms. The summed E-state index contributed by atoms with van der Waals surface area (Å²) >= 11 is 0. The predicted octanol–water partition coefficient (Wildman–Crippen LogP) is 2.73. The molecule has 0 aliphatic carbocycles. The lowest BCUT2D eigenvalue weighted by molar-refractivity contribution is -0.142. The van der Waals surface area contributed by atoms with E-state index >= 15 is 0 Å². The van der Waals surface area contributed by atoms with Gasteiger partial charge in [0.05, 0.1) is 12.6 Å². The monoisotopic (exact) mass is 287 g/mol. The van der Waals surface area contributed by atoms with Gasteiger partial charge >= 0.3 is 5.97 Å². The first-order chi connectivity index (χ1) is 9.92. The summed E-state index contributed by atoms with van der Waals surface area (Å²) in [5.74, 6) is -0.182. The van der Waals surface area contributed by atoms with E-state index in [4.69, 9.17) is 10.5 Å². The van der Waals surface area contributed by atoms with Crippen LogP contribution in [0.4, 0.5) is 11.4 Å². The van der Waals surface area contributed by atoms with Gasteiger partial charge in [0, 0.05) is 22.5 Å². The van der Waals surface area contributed by atoms with E-state index in [-0.39, 0.29) is 11.9 Å². The Morgan fingerprint density at radius 2 is 2.05 bits per heavy atom. The van der Waals surface area contributed by atoms with E-state index < -0.39 is 6.04 Å². The maximum absolute atomic E-state index is 11.9. The summed E-state index contributed by atoms with van der Waals surface area (Å²) < 4.78 is 4.87. The Hall–Kier alpha value is -2.30. The number of carbonyl (C=O) groups is 1. The molecule has 1 unspecified atom stereocenters. The molecule has 0 spiro atoms. The molecule has 1 aromatic heterocycles. The molecular weight excluding hydrogens is 266 g/mol. The van der Waals surface area contributed by atoms with Crippen molar-refractivity contribution in [3.63, 3.8) is 0 Å².